The van der Waals surface area contributed by atoms with Crippen LogP contribution < -0.4 is 9.47 Å². The molecule has 0 spiro atoms. The zero-order valence-corrected chi connectivity index (χ0v) is 22.4. The molecule has 0 aromatic heterocycles. The van der Waals surface area contributed by atoms with Crippen molar-refractivity contribution in [3.63, 3.8) is 0 Å². The highest BCUT2D eigenvalue weighted by Crippen LogP contribution is 2.42. The van der Waals surface area contributed by atoms with E-state index in [4.69, 9.17) is 14.2 Å². The number of aryl methyl sites for hydroxylation is 1. The fraction of sp³-hybridized carbons (Fsp3) is 0.323. The molecule has 214 valence electrons. The van der Waals surface area contributed by atoms with E-state index in [0.717, 1.165) is 5.56 Å². The molecule has 1 aliphatic carbocycles. The first-order valence-electron chi connectivity index (χ1n) is 13.3. The molecule has 2 aliphatic rings. The maximum Gasteiger partial charge on any atom is 0.308 e. The number of ketones is 2. The Morgan fingerprint density at radius 2 is 1.61 bits per heavy atom. The van der Waals surface area contributed by atoms with Crippen LogP contribution in [-0.2, 0) is 22.4 Å². The number of aliphatic hydroxyl groups excluding tert-OH is 3. The number of aromatic hydroxyl groups is 1. The summed E-state index contributed by atoms with van der Waals surface area (Å²) in [7, 11) is 0. The Bertz CT molecular complexity index is 1500. The van der Waals surface area contributed by atoms with E-state index >= 15 is 0 Å². The van der Waals surface area contributed by atoms with Crippen molar-refractivity contribution in [3.8, 4) is 17.2 Å². The monoisotopic (exact) mass is 562 g/mol. The Kier molecular flexibility index (Phi) is 7.92. The van der Waals surface area contributed by atoms with Gasteiger partial charge in [-0.25, -0.2) is 0 Å². The van der Waals surface area contributed by atoms with Crippen LogP contribution in [0.15, 0.2) is 54.6 Å². The zero-order valence-electron chi connectivity index (χ0n) is 22.4. The lowest BCUT2D eigenvalue weighted by Crippen LogP contribution is -2.58. The normalized spacial score (nSPS) is 23.5. The lowest BCUT2D eigenvalue weighted by atomic mass is 9.81. The Morgan fingerprint density at radius 3 is 2.32 bits per heavy atom. The third-order valence-corrected chi connectivity index (χ3v) is 7.36. The highest BCUT2D eigenvalue weighted by Gasteiger charge is 2.44. The number of ether oxygens (including phenoxy) is 3. The van der Waals surface area contributed by atoms with Gasteiger partial charge in [0.1, 0.15) is 35.6 Å². The van der Waals surface area contributed by atoms with Crippen molar-refractivity contribution in [1.29, 1.82) is 0 Å². The zero-order chi connectivity index (χ0) is 29.4. The van der Waals surface area contributed by atoms with Gasteiger partial charge in [0, 0.05) is 29.2 Å². The van der Waals surface area contributed by atoms with E-state index in [9.17, 15) is 34.8 Å². The molecule has 5 atom stereocenters. The van der Waals surface area contributed by atoms with Crippen LogP contribution in [0.1, 0.15) is 63.2 Å². The molecule has 1 heterocycles. The second kappa shape index (κ2) is 11.4. The Labute approximate surface area is 235 Å². The molecule has 1 saturated heterocycles. The van der Waals surface area contributed by atoms with Gasteiger partial charge in [0.15, 0.2) is 11.6 Å². The Morgan fingerprint density at radius 1 is 0.878 bits per heavy atom. The van der Waals surface area contributed by atoms with Crippen molar-refractivity contribution >= 4 is 17.5 Å². The van der Waals surface area contributed by atoms with Gasteiger partial charge in [0.25, 0.3) is 0 Å². The number of rotatable bonds is 7. The number of carbonyl (C=O) groups excluding carboxylic acids is 3. The molecule has 3 aromatic carbocycles. The van der Waals surface area contributed by atoms with Gasteiger partial charge in [0.05, 0.1) is 11.7 Å². The van der Waals surface area contributed by atoms with Crippen molar-refractivity contribution < 1.29 is 49.0 Å². The summed E-state index contributed by atoms with van der Waals surface area (Å²) in [5, 5.41) is 42.3. The molecule has 5 unspecified atom stereocenters. The van der Waals surface area contributed by atoms with E-state index in [-0.39, 0.29) is 45.7 Å². The predicted octanol–water partition coefficient (Wildman–Crippen LogP) is 2.47. The number of hydrogen-bond donors (Lipinski definition) is 4. The van der Waals surface area contributed by atoms with Crippen LogP contribution in [0.25, 0.3) is 0 Å². The van der Waals surface area contributed by atoms with Crippen LogP contribution >= 0.6 is 0 Å². The van der Waals surface area contributed by atoms with Gasteiger partial charge in [-0.1, -0.05) is 30.3 Å². The van der Waals surface area contributed by atoms with Gasteiger partial charge in [0.2, 0.25) is 6.29 Å². The first-order valence-corrected chi connectivity index (χ1v) is 13.3. The summed E-state index contributed by atoms with van der Waals surface area (Å²) in [6.07, 6.45) is -5.45. The SMILES string of the molecule is CC(=O)Oc1ccc2c(c1)C(=O)c1cc(OC3OC(C)C(O)C(O)C3O)c(CCCc3ccccc3)c(O)c1C2=O. The molecule has 5 rings (SSSR count). The Balaban J connectivity index is 1.55. The average Bonchev–Trinajstić information content (AvgIpc) is 2.95. The fourth-order valence-electron chi connectivity index (χ4n) is 5.21. The smallest absolute Gasteiger partial charge is 0.308 e. The molecular formula is C31H30O10. The number of hydrogen-bond acceptors (Lipinski definition) is 10. The summed E-state index contributed by atoms with van der Waals surface area (Å²) >= 11 is 0. The molecule has 41 heavy (non-hydrogen) atoms. The van der Waals surface area contributed by atoms with Crippen LogP contribution in [0.2, 0.25) is 0 Å². The molecule has 0 saturated carbocycles. The van der Waals surface area contributed by atoms with Crippen molar-refractivity contribution in [2.75, 3.05) is 0 Å². The molecular weight excluding hydrogens is 532 g/mol. The van der Waals surface area contributed by atoms with Crippen molar-refractivity contribution in [2.24, 2.45) is 0 Å². The molecule has 1 aliphatic heterocycles. The highest BCUT2D eigenvalue weighted by molar-refractivity contribution is 6.29. The van der Waals surface area contributed by atoms with Crippen molar-refractivity contribution in [2.45, 2.75) is 63.8 Å². The molecule has 1 fully saturated rings. The highest BCUT2D eigenvalue weighted by atomic mass is 16.7. The predicted molar refractivity (Wildman–Crippen MR) is 144 cm³/mol. The molecule has 0 bridgehead atoms. The van der Waals surface area contributed by atoms with E-state index in [1.807, 2.05) is 30.3 Å². The average molecular weight is 563 g/mol. The Hall–Kier alpha value is -4.09. The minimum Gasteiger partial charge on any atom is -0.507 e. The summed E-state index contributed by atoms with van der Waals surface area (Å²) in [6, 6.07) is 15.0. The first kappa shape index (κ1) is 28.4. The molecule has 10 nitrogen and oxygen atoms in total. The number of aliphatic hydroxyl groups is 3. The molecule has 10 heteroatoms. The van der Waals surface area contributed by atoms with Gasteiger partial charge >= 0.3 is 5.97 Å². The number of phenolic OH excluding ortho intramolecular Hbond substituents is 1. The lowest BCUT2D eigenvalue weighted by Gasteiger charge is -2.39. The third kappa shape index (κ3) is 5.47. The summed E-state index contributed by atoms with van der Waals surface area (Å²) in [5.74, 6) is -2.15. The summed E-state index contributed by atoms with van der Waals surface area (Å²) < 4.78 is 16.6. The largest absolute Gasteiger partial charge is 0.507 e. The van der Waals surface area contributed by atoms with Gasteiger partial charge in [-0.05, 0) is 56.0 Å². The van der Waals surface area contributed by atoms with E-state index < -0.39 is 54.0 Å². The van der Waals surface area contributed by atoms with E-state index in [1.54, 1.807) is 0 Å². The number of benzene rings is 3. The maximum absolute atomic E-state index is 13.6. The van der Waals surface area contributed by atoms with Crippen LogP contribution in [0.5, 0.6) is 17.2 Å². The lowest BCUT2D eigenvalue weighted by molar-refractivity contribution is -0.268. The summed E-state index contributed by atoms with van der Waals surface area (Å²) in [6.45, 7) is 2.71. The van der Waals surface area contributed by atoms with Crippen molar-refractivity contribution in [3.05, 3.63) is 88.0 Å². The number of fused-ring (bicyclic) bond motifs is 2. The van der Waals surface area contributed by atoms with Crippen LogP contribution in [-0.4, -0.2) is 68.7 Å². The first-order chi connectivity index (χ1) is 19.6. The van der Waals surface area contributed by atoms with Crippen LogP contribution in [0.3, 0.4) is 0 Å². The van der Waals surface area contributed by atoms with Crippen molar-refractivity contribution in [1.82, 2.24) is 0 Å². The molecule has 0 radical (unpaired) electrons. The molecule has 4 N–H and O–H groups in total. The summed E-state index contributed by atoms with van der Waals surface area (Å²) in [4.78, 5) is 38.6. The third-order valence-electron chi connectivity index (χ3n) is 7.36. The van der Waals surface area contributed by atoms with E-state index in [2.05, 4.69) is 0 Å². The standard InChI is InChI=1S/C31H30O10/c1-15-25(33)29(37)30(38)31(39-15)41-23-14-22-24(28(36)20(23)10-6-9-17-7-4-3-5-8-17)27(35)19-12-11-18(40-16(2)32)13-21(19)26(22)34/h3-5,7-8,11-15,25,29-31,33,36-38H,6,9-10H2,1-2H3. The minimum absolute atomic E-state index is 0.00968. The van der Waals surface area contributed by atoms with Gasteiger partial charge < -0.3 is 34.6 Å². The second-order valence-electron chi connectivity index (χ2n) is 10.2. The van der Waals surface area contributed by atoms with E-state index in [0.29, 0.717) is 12.8 Å². The van der Waals surface area contributed by atoms with Crippen LogP contribution in [0.4, 0.5) is 0 Å². The maximum atomic E-state index is 13.6. The van der Waals surface area contributed by atoms with E-state index in [1.165, 1.54) is 38.1 Å². The van der Waals surface area contributed by atoms with Gasteiger partial charge in [-0.15, -0.1) is 0 Å². The quantitative estimate of drug-likeness (QED) is 0.195. The molecule has 3 aromatic rings. The van der Waals surface area contributed by atoms with Gasteiger partial charge in [-0.2, -0.15) is 0 Å². The minimum atomic E-state index is -1.64. The number of phenols is 1. The topological polar surface area (TPSA) is 160 Å². The number of carbonyl (C=O) groups is 3. The fourth-order valence-corrected chi connectivity index (χ4v) is 5.21. The summed E-state index contributed by atoms with van der Waals surface area (Å²) in [5.41, 5.74) is 1.01. The molecule has 0 amide bonds. The van der Waals surface area contributed by atoms with Crippen LogP contribution in [0, 0.1) is 0 Å². The van der Waals surface area contributed by atoms with Gasteiger partial charge in [-0.3, -0.25) is 14.4 Å². The number of esters is 1. The second-order valence-corrected chi connectivity index (χ2v) is 10.2.